The quantitative estimate of drug-likeness (QED) is 0.620. The summed E-state index contributed by atoms with van der Waals surface area (Å²) in [6, 6.07) is 0. The van der Waals surface area contributed by atoms with Gasteiger partial charge in [-0.1, -0.05) is 13.8 Å². The molecule has 70 valence electrons. The van der Waals surface area contributed by atoms with Gasteiger partial charge in [-0.2, -0.15) is 0 Å². The zero-order valence-electron chi connectivity index (χ0n) is 7.88. The summed E-state index contributed by atoms with van der Waals surface area (Å²) < 4.78 is 0. The van der Waals surface area contributed by atoms with E-state index in [0.29, 0.717) is 5.92 Å². The molecule has 3 atom stereocenters. The number of fused-ring (bicyclic) bond motifs is 2. The molecular weight excluding hydrogens is 152 g/mol. The standard InChI is InChI=1S/C10H18O2/c1-9(2)7-3-4-10(9,6-11)8(12)5-7/h7-8,11-12H,3-6H2,1-2H3/t7-,8+,10-/m0/s1. The third kappa shape index (κ3) is 0.686. The number of hydrogen-bond acceptors (Lipinski definition) is 2. The van der Waals surface area contributed by atoms with Gasteiger partial charge in [-0.05, 0) is 30.6 Å². The summed E-state index contributed by atoms with van der Waals surface area (Å²) in [6.07, 6.45) is 2.82. The van der Waals surface area contributed by atoms with E-state index in [0.717, 1.165) is 12.8 Å². The first-order valence-corrected chi connectivity index (χ1v) is 4.83. The molecule has 2 aliphatic rings. The second-order valence-electron chi connectivity index (χ2n) is 5.02. The molecule has 2 N–H and O–H groups in total. The van der Waals surface area contributed by atoms with Crippen molar-refractivity contribution in [1.82, 2.24) is 0 Å². The summed E-state index contributed by atoms with van der Waals surface area (Å²) in [5.41, 5.74) is -0.0428. The Bertz CT molecular complexity index is 200. The lowest BCUT2D eigenvalue weighted by molar-refractivity contribution is -0.0446. The molecule has 0 aromatic carbocycles. The van der Waals surface area contributed by atoms with E-state index in [1.54, 1.807) is 0 Å². The van der Waals surface area contributed by atoms with Crippen molar-refractivity contribution in [3.8, 4) is 0 Å². The first-order valence-electron chi connectivity index (χ1n) is 4.83. The minimum Gasteiger partial charge on any atom is -0.396 e. The zero-order valence-corrected chi connectivity index (χ0v) is 7.88. The molecule has 2 aliphatic carbocycles. The van der Waals surface area contributed by atoms with Gasteiger partial charge in [0.25, 0.3) is 0 Å². The molecule has 0 aromatic rings. The van der Waals surface area contributed by atoms with Crippen LogP contribution < -0.4 is 0 Å². The SMILES string of the molecule is CC1(C)[C@H]2CC[C@]1(CO)[C@H](O)C2. The molecule has 0 aromatic heterocycles. The van der Waals surface area contributed by atoms with Crippen LogP contribution in [0.25, 0.3) is 0 Å². The lowest BCUT2D eigenvalue weighted by Gasteiger charge is -2.38. The van der Waals surface area contributed by atoms with Crippen LogP contribution in [0.4, 0.5) is 0 Å². The van der Waals surface area contributed by atoms with Gasteiger partial charge in [0.1, 0.15) is 0 Å². The molecule has 0 saturated heterocycles. The van der Waals surface area contributed by atoms with Crippen LogP contribution in [0.3, 0.4) is 0 Å². The molecule has 2 saturated carbocycles. The molecule has 2 fully saturated rings. The Morgan fingerprint density at radius 1 is 1.42 bits per heavy atom. The van der Waals surface area contributed by atoms with Crippen molar-refractivity contribution in [2.24, 2.45) is 16.7 Å². The highest BCUT2D eigenvalue weighted by Gasteiger charge is 2.63. The van der Waals surface area contributed by atoms with E-state index in [-0.39, 0.29) is 23.5 Å². The maximum atomic E-state index is 9.85. The van der Waals surface area contributed by atoms with Crippen LogP contribution in [0, 0.1) is 16.7 Å². The van der Waals surface area contributed by atoms with E-state index in [2.05, 4.69) is 13.8 Å². The van der Waals surface area contributed by atoms with Gasteiger partial charge in [-0.15, -0.1) is 0 Å². The first kappa shape index (κ1) is 8.52. The van der Waals surface area contributed by atoms with Gasteiger partial charge in [0, 0.05) is 5.41 Å². The summed E-state index contributed by atoms with van der Waals surface area (Å²) in [4.78, 5) is 0. The summed E-state index contributed by atoms with van der Waals surface area (Å²) >= 11 is 0. The molecule has 0 amide bonds. The first-order chi connectivity index (χ1) is 5.54. The largest absolute Gasteiger partial charge is 0.396 e. The van der Waals surface area contributed by atoms with Crippen LogP contribution in [0.1, 0.15) is 33.1 Å². The zero-order chi connectivity index (χ0) is 8.98. The maximum absolute atomic E-state index is 9.85. The Morgan fingerprint density at radius 3 is 2.33 bits per heavy atom. The Kier molecular flexibility index (Phi) is 1.59. The van der Waals surface area contributed by atoms with Crippen molar-refractivity contribution < 1.29 is 10.2 Å². The van der Waals surface area contributed by atoms with Crippen LogP contribution in [0.15, 0.2) is 0 Å². The Morgan fingerprint density at radius 2 is 2.08 bits per heavy atom. The summed E-state index contributed by atoms with van der Waals surface area (Å²) in [5.74, 6) is 0.625. The van der Waals surface area contributed by atoms with E-state index in [1.165, 1.54) is 6.42 Å². The van der Waals surface area contributed by atoms with Crippen LogP contribution >= 0.6 is 0 Å². The Balaban J connectivity index is 2.39. The molecule has 2 heteroatoms. The molecule has 0 aliphatic heterocycles. The average molecular weight is 170 g/mol. The minimum atomic E-state index is -0.267. The van der Waals surface area contributed by atoms with Gasteiger partial charge in [0.2, 0.25) is 0 Å². The lowest BCUT2D eigenvalue weighted by Crippen LogP contribution is -2.41. The highest BCUT2D eigenvalue weighted by atomic mass is 16.3. The van der Waals surface area contributed by atoms with Crippen LogP contribution in [0.5, 0.6) is 0 Å². The Labute approximate surface area is 73.6 Å². The maximum Gasteiger partial charge on any atom is 0.0626 e. The van der Waals surface area contributed by atoms with Gasteiger partial charge in [0.15, 0.2) is 0 Å². The number of hydrogen-bond donors (Lipinski definition) is 2. The normalized spacial score (nSPS) is 50.0. The van der Waals surface area contributed by atoms with Gasteiger partial charge >= 0.3 is 0 Å². The molecule has 0 unspecified atom stereocenters. The molecule has 12 heavy (non-hydrogen) atoms. The fourth-order valence-corrected chi connectivity index (χ4v) is 3.41. The van der Waals surface area contributed by atoms with Crippen LogP contribution in [-0.2, 0) is 0 Å². The molecular formula is C10H18O2. The van der Waals surface area contributed by atoms with Crippen LogP contribution in [0.2, 0.25) is 0 Å². The average Bonchev–Trinajstić information content (AvgIpc) is 2.36. The highest BCUT2D eigenvalue weighted by molar-refractivity contribution is 5.12. The molecule has 2 bridgehead atoms. The van der Waals surface area contributed by atoms with Crippen LogP contribution in [-0.4, -0.2) is 22.9 Å². The van der Waals surface area contributed by atoms with Crippen molar-refractivity contribution in [2.45, 2.75) is 39.2 Å². The third-order valence-electron chi connectivity index (χ3n) is 4.67. The fraction of sp³-hybridized carbons (Fsp3) is 1.00. The summed E-state index contributed by atoms with van der Waals surface area (Å²) in [7, 11) is 0. The number of aliphatic hydroxyl groups excluding tert-OH is 2. The smallest absolute Gasteiger partial charge is 0.0626 e. The molecule has 2 rings (SSSR count). The molecule has 0 heterocycles. The van der Waals surface area contributed by atoms with Crippen molar-refractivity contribution >= 4 is 0 Å². The van der Waals surface area contributed by atoms with Crippen molar-refractivity contribution in [3.63, 3.8) is 0 Å². The third-order valence-corrected chi connectivity index (χ3v) is 4.67. The van der Waals surface area contributed by atoms with E-state index in [1.807, 2.05) is 0 Å². The second kappa shape index (κ2) is 2.24. The van der Waals surface area contributed by atoms with E-state index >= 15 is 0 Å². The van der Waals surface area contributed by atoms with Crippen molar-refractivity contribution in [3.05, 3.63) is 0 Å². The monoisotopic (exact) mass is 170 g/mol. The number of rotatable bonds is 1. The van der Waals surface area contributed by atoms with Gasteiger partial charge in [-0.25, -0.2) is 0 Å². The van der Waals surface area contributed by atoms with Gasteiger partial charge in [0.05, 0.1) is 12.7 Å². The molecule has 0 radical (unpaired) electrons. The summed E-state index contributed by atoms with van der Waals surface area (Å²) in [6.45, 7) is 4.53. The predicted molar refractivity (Wildman–Crippen MR) is 46.6 cm³/mol. The molecule has 2 nitrogen and oxygen atoms in total. The van der Waals surface area contributed by atoms with E-state index in [9.17, 15) is 10.2 Å². The van der Waals surface area contributed by atoms with Gasteiger partial charge in [-0.3, -0.25) is 0 Å². The lowest BCUT2D eigenvalue weighted by atomic mass is 9.69. The van der Waals surface area contributed by atoms with E-state index in [4.69, 9.17) is 0 Å². The van der Waals surface area contributed by atoms with Crippen molar-refractivity contribution in [2.75, 3.05) is 6.61 Å². The highest BCUT2D eigenvalue weighted by Crippen LogP contribution is 2.65. The second-order valence-corrected chi connectivity index (χ2v) is 5.02. The predicted octanol–water partition coefficient (Wildman–Crippen LogP) is 1.17. The summed E-state index contributed by atoms with van der Waals surface area (Å²) in [5, 5.41) is 19.2. The Hall–Kier alpha value is -0.0800. The fourth-order valence-electron chi connectivity index (χ4n) is 3.41. The van der Waals surface area contributed by atoms with E-state index < -0.39 is 0 Å². The molecule has 0 spiro atoms. The number of aliphatic hydroxyl groups is 2. The topological polar surface area (TPSA) is 40.5 Å². The van der Waals surface area contributed by atoms with Crippen molar-refractivity contribution in [1.29, 1.82) is 0 Å². The minimum absolute atomic E-state index is 0.140. The van der Waals surface area contributed by atoms with Gasteiger partial charge < -0.3 is 10.2 Å².